The summed E-state index contributed by atoms with van der Waals surface area (Å²) in [5.41, 5.74) is 5.18. The SMILES string of the molecule is Cc1cc(CSc2ccccc2)ccc1NC(=O)c1ccc(CN2CCC(C)CC2)cc1. The number of nitrogens with zero attached hydrogens (tertiary/aromatic N) is 1. The molecule has 1 saturated heterocycles. The number of hydrogen-bond acceptors (Lipinski definition) is 3. The molecular weight excluding hydrogens is 412 g/mol. The van der Waals surface area contributed by atoms with E-state index in [0.717, 1.165) is 29.5 Å². The number of likely N-dealkylation sites (tertiary alicyclic amines) is 1. The fourth-order valence-electron chi connectivity index (χ4n) is 4.07. The number of thioether (sulfide) groups is 1. The van der Waals surface area contributed by atoms with Crippen LogP contribution in [-0.2, 0) is 12.3 Å². The highest BCUT2D eigenvalue weighted by Gasteiger charge is 2.16. The third-order valence-electron chi connectivity index (χ3n) is 6.19. The van der Waals surface area contributed by atoms with Crippen LogP contribution in [0.2, 0.25) is 0 Å². The van der Waals surface area contributed by atoms with Crippen LogP contribution in [0.5, 0.6) is 0 Å². The summed E-state index contributed by atoms with van der Waals surface area (Å²) in [4.78, 5) is 16.5. The zero-order chi connectivity index (χ0) is 22.3. The minimum Gasteiger partial charge on any atom is -0.322 e. The smallest absolute Gasteiger partial charge is 0.255 e. The Morgan fingerprint density at radius 2 is 1.66 bits per heavy atom. The van der Waals surface area contributed by atoms with E-state index in [1.54, 1.807) is 0 Å². The lowest BCUT2D eigenvalue weighted by molar-refractivity contribution is 0.102. The number of anilines is 1. The van der Waals surface area contributed by atoms with Gasteiger partial charge in [0.1, 0.15) is 0 Å². The molecule has 4 heteroatoms. The summed E-state index contributed by atoms with van der Waals surface area (Å²) in [6, 6.07) is 24.8. The van der Waals surface area contributed by atoms with Gasteiger partial charge in [0, 0.05) is 28.4 Å². The molecule has 0 unspecified atom stereocenters. The fraction of sp³-hybridized carbons (Fsp3) is 0.321. The Morgan fingerprint density at radius 1 is 0.969 bits per heavy atom. The number of hydrogen-bond donors (Lipinski definition) is 1. The van der Waals surface area contributed by atoms with Gasteiger partial charge in [-0.05, 0) is 85.8 Å². The zero-order valence-electron chi connectivity index (χ0n) is 19.0. The van der Waals surface area contributed by atoms with Crippen LogP contribution in [0.3, 0.4) is 0 Å². The Balaban J connectivity index is 1.32. The Kier molecular flexibility index (Phi) is 7.67. The van der Waals surface area contributed by atoms with E-state index in [-0.39, 0.29) is 5.91 Å². The summed E-state index contributed by atoms with van der Waals surface area (Å²) in [5, 5.41) is 3.08. The van der Waals surface area contributed by atoms with Crippen LogP contribution in [0.15, 0.2) is 77.7 Å². The quantitative estimate of drug-likeness (QED) is 0.408. The fourth-order valence-corrected chi connectivity index (χ4v) is 4.94. The van der Waals surface area contributed by atoms with Gasteiger partial charge in [0.2, 0.25) is 0 Å². The molecule has 4 rings (SSSR count). The topological polar surface area (TPSA) is 32.3 Å². The number of benzene rings is 3. The van der Waals surface area contributed by atoms with Crippen molar-refractivity contribution < 1.29 is 4.79 Å². The molecule has 3 aromatic rings. The maximum Gasteiger partial charge on any atom is 0.255 e. The molecule has 0 spiro atoms. The molecule has 1 amide bonds. The van der Waals surface area contributed by atoms with Crippen molar-refractivity contribution >= 4 is 23.4 Å². The lowest BCUT2D eigenvalue weighted by Gasteiger charge is -2.30. The van der Waals surface area contributed by atoms with E-state index in [0.29, 0.717) is 5.56 Å². The van der Waals surface area contributed by atoms with Crippen molar-refractivity contribution in [1.29, 1.82) is 0 Å². The predicted molar refractivity (Wildman–Crippen MR) is 135 cm³/mol. The van der Waals surface area contributed by atoms with Gasteiger partial charge in [-0.3, -0.25) is 9.69 Å². The number of amides is 1. The maximum absolute atomic E-state index is 12.8. The van der Waals surface area contributed by atoms with E-state index in [1.165, 1.54) is 42.0 Å². The van der Waals surface area contributed by atoms with Crippen LogP contribution in [0.25, 0.3) is 0 Å². The molecule has 1 heterocycles. The van der Waals surface area contributed by atoms with Crippen molar-refractivity contribution in [3.8, 4) is 0 Å². The summed E-state index contributed by atoms with van der Waals surface area (Å²) in [5.74, 6) is 1.70. The molecule has 166 valence electrons. The third kappa shape index (κ3) is 6.24. The predicted octanol–water partition coefficient (Wildman–Crippen LogP) is 6.77. The highest BCUT2D eigenvalue weighted by molar-refractivity contribution is 7.98. The van der Waals surface area contributed by atoms with Crippen LogP contribution in [0.4, 0.5) is 5.69 Å². The van der Waals surface area contributed by atoms with E-state index in [1.807, 2.05) is 36.0 Å². The Labute approximate surface area is 196 Å². The second kappa shape index (κ2) is 10.8. The van der Waals surface area contributed by atoms with Crippen LogP contribution in [-0.4, -0.2) is 23.9 Å². The van der Waals surface area contributed by atoms with Gasteiger partial charge in [-0.25, -0.2) is 0 Å². The molecule has 3 nitrogen and oxygen atoms in total. The molecule has 1 N–H and O–H groups in total. The first-order chi connectivity index (χ1) is 15.6. The number of piperidine rings is 1. The lowest BCUT2D eigenvalue weighted by Crippen LogP contribution is -2.32. The van der Waals surface area contributed by atoms with Gasteiger partial charge in [-0.2, -0.15) is 0 Å². The minimum absolute atomic E-state index is 0.0575. The minimum atomic E-state index is -0.0575. The van der Waals surface area contributed by atoms with Gasteiger partial charge in [0.15, 0.2) is 0 Å². The molecule has 0 saturated carbocycles. The van der Waals surface area contributed by atoms with Crippen LogP contribution in [0.1, 0.15) is 46.8 Å². The molecule has 32 heavy (non-hydrogen) atoms. The first-order valence-electron chi connectivity index (χ1n) is 11.5. The van der Waals surface area contributed by atoms with Gasteiger partial charge in [-0.1, -0.05) is 49.4 Å². The average molecular weight is 445 g/mol. The Morgan fingerprint density at radius 3 is 2.34 bits per heavy atom. The number of carbonyl (C=O) groups excluding carboxylic acids is 1. The maximum atomic E-state index is 12.8. The van der Waals surface area contributed by atoms with Gasteiger partial charge in [0.25, 0.3) is 5.91 Å². The monoisotopic (exact) mass is 444 g/mol. The molecular formula is C28H32N2OS. The molecule has 0 aromatic heterocycles. The molecule has 0 atom stereocenters. The van der Waals surface area contributed by atoms with Crippen molar-refractivity contribution in [2.24, 2.45) is 5.92 Å². The largest absolute Gasteiger partial charge is 0.322 e. The average Bonchev–Trinajstić information content (AvgIpc) is 2.82. The standard InChI is InChI=1S/C28H32N2OS/c1-21-14-16-30(17-15-21)19-23-8-11-25(12-9-23)28(31)29-27-13-10-24(18-22(27)2)20-32-26-6-4-3-5-7-26/h3-13,18,21H,14-17,19-20H2,1-2H3,(H,29,31). The number of aryl methyl sites for hydroxylation is 1. The normalized spacial score (nSPS) is 14.9. The van der Waals surface area contributed by atoms with Crippen molar-refractivity contribution in [1.82, 2.24) is 4.90 Å². The molecule has 1 aliphatic rings. The Bertz CT molecular complexity index is 1030. The van der Waals surface area contributed by atoms with Gasteiger partial charge >= 0.3 is 0 Å². The van der Waals surface area contributed by atoms with Crippen LogP contribution < -0.4 is 5.32 Å². The Hall–Kier alpha value is -2.56. The summed E-state index contributed by atoms with van der Waals surface area (Å²) in [7, 11) is 0. The van der Waals surface area contributed by atoms with E-state index in [2.05, 4.69) is 72.6 Å². The summed E-state index contributed by atoms with van der Waals surface area (Å²) < 4.78 is 0. The second-order valence-corrected chi connectivity index (χ2v) is 9.91. The van der Waals surface area contributed by atoms with Crippen molar-refractivity contribution in [3.63, 3.8) is 0 Å². The summed E-state index contributed by atoms with van der Waals surface area (Å²) in [6.07, 6.45) is 2.56. The molecule has 0 aliphatic carbocycles. The van der Waals surface area contributed by atoms with E-state index >= 15 is 0 Å². The first kappa shape index (κ1) is 22.6. The molecule has 0 radical (unpaired) electrons. The molecule has 0 bridgehead atoms. The van der Waals surface area contributed by atoms with Crippen molar-refractivity contribution in [2.45, 2.75) is 43.9 Å². The zero-order valence-corrected chi connectivity index (χ0v) is 19.8. The lowest BCUT2D eigenvalue weighted by atomic mass is 9.99. The first-order valence-corrected chi connectivity index (χ1v) is 12.5. The van der Waals surface area contributed by atoms with Crippen LogP contribution >= 0.6 is 11.8 Å². The van der Waals surface area contributed by atoms with Crippen LogP contribution in [0, 0.1) is 12.8 Å². The molecule has 3 aromatic carbocycles. The summed E-state index contributed by atoms with van der Waals surface area (Å²) >= 11 is 1.82. The highest BCUT2D eigenvalue weighted by atomic mass is 32.2. The van der Waals surface area contributed by atoms with Gasteiger partial charge in [-0.15, -0.1) is 11.8 Å². The highest BCUT2D eigenvalue weighted by Crippen LogP contribution is 2.25. The second-order valence-electron chi connectivity index (χ2n) is 8.86. The number of carbonyl (C=O) groups is 1. The van der Waals surface area contributed by atoms with Gasteiger partial charge in [0.05, 0.1) is 0 Å². The number of nitrogens with one attached hydrogen (secondary N) is 1. The summed E-state index contributed by atoms with van der Waals surface area (Å²) in [6.45, 7) is 7.69. The van der Waals surface area contributed by atoms with E-state index in [9.17, 15) is 4.79 Å². The number of rotatable bonds is 7. The van der Waals surface area contributed by atoms with E-state index < -0.39 is 0 Å². The van der Waals surface area contributed by atoms with Gasteiger partial charge < -0.3 is 5.32 Å². The molecule has 1 fully saturated rings. The van der Waals surface area contributed by atoms with Crippen molar-refractivity contribution in [3.05, 3.63) is 95.1 Å². The van der Waals surface area contributed by atoms with E-state index in [4.69, 9.17) is 0 Å². The molecule has 1 aliphatic heterocycles. The van der Waals surface area contributed by atoms with Crippen molar-refractivity contribution in [2.75, 3.05) is 18.4 Å². The third-order valence-corrected chi connectivity index (χ3v) is 7.27.